The van der Waals surface area contributed by atoms with Crippen LogP contribution in [0, 0.1) is 28.6 Å². The second-order valence-electron chi connectivity index (χ2n) is 7.14. The van der Waals surface area contributed by atoms with Gasteiger partial charge in [-0.05, 0) is 62.0 Å². The first-order valence-electron chi connectivity index (χ1n) is 8.42. The SMILES string of the molecule is N#CC1(C(=O)Nc2cnc3c(c2)CCC3)CC2CCC1CC2. The van der Waals surface area contributed by atoms with E-state index in [4.69, 9.17) is 0 Å². The van der Waals surface area contributed by atoms with Gasteiger partial charge in [-0.25, -0.2) is 0 Å². The summed E-state index contributed by atoms with van der Waals surface area (Å²) in [6.07, 6.45) is 10.1. The lowest BCUT2D eigenvalue weighted by Gasteiger charge is -2.46. The Hall–Kier alpha value is -1.89. The minimum absolute atomic E-state index is 0.107. The van der Waals surface area contributed by atoms with E-state index in [1.165, 1.54) is 18.4 Å². The van der Waals surface area contributed by atoms with Crippen LogP contribution in [0.15, 0.2) is 12.3 Å². The van der Waals surface area contributed by atoms with Gasteiger partial charge in [0.25, 0.3) is 0 Å². The minimum Gasteiger partial charge on any atom is -0.323 e. The van der Waals surface area contributed by atoms with Gasteiger partial charge in [0, 0.05) is 5.69 Å². The summed E-state index contributed by atoms with van der Waals surface area (Å²) >= 11 is 0. The van der Waals surface area contributed by atoms with Crippen LogP contribution in [0.3, 0.4) is 0 Å². The van der Waals surface area contributed by atoms with E-state index in [1.54, 1.807) is 6.20 Å². The molecule has 0 saturated heterocycles. The number of nitriles is 1. The summed E-state index contributed by atoms with van der Waals surface area (Å²) in [7, 11) is 0. The van der Waals surface area contributed by atoms with E-state index in [-0.39, 0.29) is 11.8 Å². The molecule has 1 aromatic heterocycles. The first-order valence-corrected chi connectivity index (χ1v) is 8.42. The number of carbonyl (C=O) groups is 1. The van der Waals surface area contributed by atoms with E-state index in [1.807, 2.05) is 6.07 Å². The molecule has 0 aliphatic heterocycles. The number of aromatic nitrogens is 1. The van der Waals surface area contributed by atoms with Crippen molar-refractivity contribution >= 4 is 11.6 Å². The number of hydrogen-bond acceptors (Lipinski definition) is 3. The molecule has 114 valence electrons. The Morgan fingerprint density at radius 1 is 1.32 bits per heavy atom. The molecule has 1 atom stereocenters. The van der Waals surface area contributed by atoms with Crippen LogP contribution in [0.2, 0.25) is 0 Å². The fraction of sp³-hybridized carbons (Fsp3) is 0.611. The molecule has 0 spiro atoms. The predicted octanol–water partition coefficient (Wildman–Crippen LogP) is 3.23. The van der Waals surface area contributed by atoms with Crippen LogP contribution in [0.25, 0.3) is 0 Å². The molecule has 5 rings (SSSR count). The summed E-state index contributed by atoms with van der Waals surface area (Å²) in [5, 5.41) is 12.7. The Balaban J connectivity index is 1.57. The number of aryl methyl sites for hydroxylation is 2. The lowest BCUT2D eigenvalue weighted by atomic mass is 9.56. The highest BCUT2D eigenvalue weighted by Crippen LogP contribution is 2.52. The lowest BCUT2D eigenvalue weighted by Crippen LogP contribution is -2.48. The van der Waals surface area contributed by atoms with Gasteiger partial charge in [-0.1, -0.05) is 12.8 Å². The maximum absolute atomic E-state index is 12.8. The molecule has 3 fully saturated rings. The highest BCUT2D eigenvalue weighted by Gasteiger charge is 2.52. The monoisotopic (exact) mass is 295 g/mol. The number of amides is 1. The quantitative estimate of drug-likeness (QED) is 0.911. The molecule has 0 aromatic carbocycles. The Morgan fingerprint density at radius 3 is 2.82 bits per heavy atom. The van der Waals surface area contributed by atoms with E-state index in [2.05, 4.69) is 16.4 Å². The maximum atomic E-state index is 12.8. The molecular weight excluding hydrogens is 274 g/mol. The van der Waals surface area contributed by atoms with Crippen molar-refractivity contribution in [2.24, 2.45) is 17.3 Å². The molecule has 1 heterocycles. The molecule has 4 aliphatic carbocycles. The predicted molar refractivity (Wildman–Crippen MR) is 83.0 cm³/mol. The number of pyridine rings is 1. The molecule has 0 radical (unpaired) electrons. The Kier molecular flexibility index (Phi) is 3.18. The van der Waals surface area contributed by atoms with Gasteiger partial charge < -0.3 is 5.32 Å². The fourth-order valence-corrected chi connectivity index (χ4v) is 4.68. The molecular formula is C18H21N3O. The van der Waals surface area contributed by atoms with Gasteiger partial charge in [0.05, 0.1) is 18.0 Å². The number of carbonyl (C=O) groups excluding carboxylic acids is 1. The molecule has 4 heteroatoms. The summed E-state index contributed by atoms with van der Waals surface area (Å²) in [5.74, 6) is 0.669. The van der Waals surface area contributed by atoms with Crippen LogP contribution in [0.5, 0.6) is 0 Å². The van der Waals surface area contributed by atoms with Crippen LogP contribution < -0.4 is 5.32 Å². The van der Waals surface area contributed by atoms with Crippen molar-refractivity contribution in [3.05, 3.63) is 23.5 Å². The molecule has 22 heavy (non-hydrogen) atoms. The number of nitrogens with one attached hydrogen (secondary N) is 1. The van der Waals surface area contributed by atoms with Crippen molar-refractivity contribution in [2.75, 3.05) is 5.32 Å². The highest BCUT2D eigenvalue weighted by atomic mass is 16.2. The second-order valence-corrected chi connectivity index (χ2v) is 7.14. The van der Waals surface area contributed by atoms with Gasteiger partial charge in [-0.15, -0.1) is 0 Å². The standard InChI is InChI=1S/C18H21N3O/c19-11-18(9-12-4-6-14(18)7-5-12)17(22)21-15-8-13-2-1-3-16(13)20-10-15/h8,10,12,14H,1-7,9H2,(H,21,22). The van der Waals surface area contributed by atoms with Crippen molar-refractivity contribution in [2.45, 2.75) is 51.4 Å². The van der Waals surface area contributed by atoms with Gasteiger partial charge in [0.15, 0.2) is 0 Å². The number of fused-ring (bicyclic) bond motifs is 4. The molecule has 4 nitrogen and oxygen atoms in total. The summed E-state index contributed by atoms with van der Waals surface area (Å²) in [4.78, 5) is 17.3. The highest BCUT2D eigenvalue weighted by molar-refractivity contribution is 5.97. The van der Waals surface area contributed by atoms with E-state index in [9.17, 15) is 10.1 Å². The van der Waals surface area contributed by atoms with Gasteiger partial charge >= 0.3 is 0 Å². The van der Waals surface area contributed by atoms with Crippen LogP contribution >= 0.6 is 0 Å². The van der Waals surface area contributed by atoms with E-state index < -0.39 is 5.41 Å². The second kappa shape index (κ2) is 5.08. The number of nitrogens with zero attached hydrogens (tertiary/aromatic N) is 2. The van der Waals surface area contributed by atoms with E-state index in [0.29, 0.717) is 5.92 Å². The fourth-order valence-electron chi connectivity index (χ4n) is 4.68. The molecule has 3 saturated carbocycles. The zero-order valence-corrected chi connectivity index (χ0v) is 12.8. The summed E-state index contributed by atoms with van der Waals surface area (Å²) in [6, 6.07) is 4.43. The van der Waals surface area contributed by atoms with Gasteiger partial charge in [-0.2, -0.15) is 5.26 Å². The normalized spacial score (nSPS) is 32.3. The number of anilines is 1. The molecule has 2 bridgehead atoms. The first-order chi connectivity index (χ1) is 10.7. The zero-order chi connectivity index (χ0) is 15.2. The number of hydrogen-bond donors (Lipinski definition) is 1. The Bertz CT molecular complexity index is 655. The van der Waals surface area contributed by atoms with Crippen molar-refractivity contribution in [1.29, 1.82) is 5.26 Å². The van der Waals surface area contributed by atoms with Crippen molar-refractivity contribution in [3.63, 3.8) is 0 Å². The van der Waals surface area contributed by atoms with E-state index in [0.717, 1.165) is 49.9 Å². The maximum Gasteiger partial charge on any atom is 0.245 e. The molecule has 1 unspecified atom stereocenters. The zero-order valence-electron chi connectivity index (χ0n) is 12.8. The molecule has 1 amide bonds. The van der Waals surface area contributed by atoms with Crippen molar-refractivity contribution < 1.29 is 4.79 Å². The van der Waals surface area contributed by atoms with Crippen LogP contribution in [-0.4, -0.2) is 10.9 Å². The number of rotatable bonds is 2. The minimum atomic E-state index is -0.819. The van der Waals surface area contributed by atoms with Crippen LogP contribution in [0.1, 0.15) is 49.8 Å². The summed E-state index contributed by atoms with van der Waals surface area (Å²) in [5.41, 5.74) is 2.33. The Labute approximate surface area is 130 Å². The largest absolute Gasteiger partial charge is 0.323 e. The lowest BCUT2D eigenvalue weighted by molar-refractivity contribution is -0.130. The van der Waals surface area contributed by atoms with Crippen LogP contribution in [0.4, 0.5) is 5.69 Å². The average molecular weight is 295 g/mol. The average Bonchev–Trinajstić information content (AvgIpc) is 3.03. The third-order valence-corrected chi connectivity index (χ3v) is 5.94. The third kappa shape index (κ3) is 2.03. The van der Waals surface area contributed by atoms with Gasteiger partial charge in [-0.3, -0.25) is 9.78 Å². The smallest absolute Gasteiger partial charge is 0.245 e. The molecule has 4 aliphatic rings. The van der Waals surface area contributed by atoms with Gasteiger partial charge in [0.2, 0.25) is 5.91 Å². The van der Waals surface area contributed by atoms with Crippen molar-refractivity contribution in [3.8, 4) is 6.07 Å². The molecule has 1 N–H and O–H groups in total. The van der Waals surface area contributed by atoms with Crippen molar-refractivity contribution in [1.82, 2.24) is 4.98 Å². The Morgan fingerprint density at radius 2 is 2.14 bits per heavy atom. The molecule has 1 aromatic rings. The third-order valence-electron chi connectivity index (χ3n) is 5.94. The first kappa shape index (κ1) is 13.8. The topological polar surface area (TPSA) is 65.8 Å². The summed E-state index contributed by atoms with van der Waals surface area (Å²) < 4.78 is 0. The van der Waals surface area contributed by atoms with Crippen LogP contribution in [-0.2, 0) is 17.6 Å². The summed E-state index contributed by atoms with van der Waals surface area (Å²) in [6.45, 7) is 0. The van der Waals surface area contributed by atoms with Gasteiger partial charge in [0.1, 0.15) is 5.41 Å². The van der Waals surface area contributed by atoms with E-state index >= 15 is 0 Å².